The number of hydrogen-bond acceptors (Lipinski definition) is 5. The molecule has 3 rings (SSSR count). The van der Waals surface area contributed by atoms with Crippen molar-refractivity contribution in [3.8, 4) is 0 Å². The molecule has 1 fully saturated rings. The van der Waals surface area contributed by atoms with E-state index in [9.17, 15) is 14.4 Å². The van der Waals surface area contributed by atoms with Gasteiger partial charge in [-0.15, -0.1) is 0 Å². The SMILES string of the molecule is CNc1cc(C)nc([C@H]2CCN(C(=O)c3cc(=O)n(C)c(=O)n3C)C2)c1. The lowest BCUT2D eigenvalue weighted by molar-refractivity contribution is 0.0779. The molecule has 0 unspecified atom stereocenters. The highest BCUT2D eigenvalue weighted by Crippen LogP contribution is 2.28. The standard InChI is InChI=1S/C18H23N5O3/c1-11-7-13(19-2)8-14(20-11)12-5-6-23(10-12)17(25)15-9-16(24)22(4)18(26)21(15)3/h7-9,12H,5-6,10H2,1-4H3,(H,19,20)/t12-/m0/s1. The number of anilines is 1. The number of rotatable bonds is 3. The average Bonchev–Trinajstić information content (AvgIpc) is 3.12. The first-order chi connectivity index (χ1) is 12.3. The van der Waals surface area contributed by atoms with Crippen LogP contribution in [-0.2, 0) is 14.1 Å². The molecule has 3 heterocycles. The Hall–Kier alpha value is -2.90. The number of aromatic nitrogens is 3. The summed E-state index contributed by atoms with van der Waals surface area (Å²) in [6.45, 7) is 3.02. The van der Waals surface area contributed by atoms with Gasteiger partial charge in [-0.1, -0.05) is 0 Å². The molecular formula is C18H23N5O3. The van der Waals surface area contributed by atoms with E-state index < -0.39 is 11.2 Å². The molecule has 1 saturated heterocycles. The van der Waals surface area contributed by atoms with Crippen LogP contribution in [0.2, 0.25) is 0 Å². The largest absolute Gasteiger partial charge is 0.388 e. The zero-order valence-electron chi connectivity index (χ0n) is 15.4. The first-order valence-corrected chi connectivity index (χ1v) is 8.54. The lowest BCUT2D eigenvalue weighted by Gasteiger charge is -2.18. The fourth-order valence-electron chi connectivity index (χ4n) is 3.33. The Labute approximate surface area is 151 Å². The maximum atomic E-state index is 12.8. The molecule has 0 radical (unpaired) electrons. The summed E-state index contributed by atoms with van der Waals surface area (Å²) in [4.78, 5) is 43.1. The van der Waals surface area contributed by atoms with Crippen molar-refractivity contribution in [3.63, 3.8) is 0 Å². The number of likely N-dealkylation sites (tertiary alicyclic amines) is 1. The monoisotopic (exact) mass is 357 g/mol. The van der Waals surface area contributed by atoms with Gasteiger partial charge in [0.2, 0.25) is 0 Å². The summed E-state index contributed by atoms with van der Waals surface area (Å²) in [5.41, 5.74) is 1.99. The normalized spacial score (nSPS) is 16.8. The van der Waals surface area contributed by atoms with Crippen LogP contribution in [0.4, 0.5) is 5.69 Å². The molecule has 2 aromatic heterocycles. The van der Waals surface area contributed by atoms with Gasteiger partial charge in [0.1, 0.15) is 5.69 Å². The highest BCUT2D eigenvalue weighted by Gasteiger charge is 2.30. The van der Waals surface area contributed by atoms with Gasteiger partial charge in [-0.2, -0.15) is 0 Å². The average molecular weight is 357 g/mol. The van der Waals surface area contributed by atoms with E-state index in [2.05, 4.69) is 10.3 Å². The number of nitrogens with zero attached hydrogens (tertiary/aromatic N) is 4. The lowest BCUT2D eigenvalue weighted by Crippen LogP contribution is -2.41. The van der Waals surface area contributed by atoms with Crippen LogP contribution in [-0.4, -0.2) is 45.1 Å². The molecule has 0 saturated carbocycles. The summed E-state index contributed by atoms with van der Waals surface area (Å²) < 4.78 is 2.21. The Morgan fingerprint density at radius 1 is 1.19 bits per heavy atom. The number of amides is 1. The zero-order valence-corrected chi connectivity index (χ0v) is 15.4. The van der Waals surface area contributed by atoms with Gasteiger partial charge in [-0.3, -0.25) is 23.7 Å². The van der Waals surface area contributed by atoms with Crippen LogP contribution >= 0.6 is 0 Å². The van der Waals surface area contributed by atoms with Gasteiger partial charge in [-0.05, 0) is 25.5 Å². The van der Waals surface area contributed by atoms with Crippen LogP contribution < -0.4 is 16.6 Å². The van der Waals surface area contributed by atoms with E-state index in [0.717, 1.165) is 28.1 Å². The number of pyridine rings is 1. The second-order valence-corrected chi connectivity index (χ2v) is 6.68. The molecule has 8 heteroatoms. The number of hydrogen-bond donors (Lipinski definition) is 1. The van der Waals surface area contributed by atoms with Gasteiger partial charge in [0.05, 0.1) is 0 Å². The van der Waals surface area contributed by atoms with Gasteiger partial charge in [0.15, 0.2) is 0 Å². The van der Waals surface area contributed by atoms with Crippen LogP contribution in [0.15, 0.2) is 27.8 Å². The summed E-state index contributed by atoms with van der Waals surface area (Å²) in [7, 11) is 4.76. The number of aryl methyl sites for hydroxylation is 1. The van der Waals surface area contributed by atoms with Crippen molar-refractivity contribution < 1.29 is 4.79 Å². The lowest BCUT2D eigenvalue weighted by atomic mass is 10.0. The Kier molecular flexibility index (Phi) is 4.67. The van der Waals surface area contributed by atoms with Gasteiger partial charge in [-0.25, -0.2) is 4.79 Å². The van der Waals surface area contributed by atoms with Crippen molar-refractivity contribution in [3.05, 3.63) is 56.1 Å². The Bertz CT molecular complexity index is 976. The molecule has 1 N–H and O–H groups in total. The van der Waals surface area contributed by atoms with Crippen molar-refractivity contribution in [1.29, 1.82) is 0 Å². The number of nitrogens with one attached hydrogen (secondary N) is 1. The zero-order chi connectivity index (χ0) is 19.0. The molecule has 138 valence electrons. The molecule has 0 bridgehead atoms. The predicted molar refractivity (Wildman–Crippen MR) is 98.7 cm³/mol. The van der Waals surface area contributed by atoms with Crippen LogP contribution in [0.1, 0.15) is 34.2 Å². The topological polar surface area (TPSA) is 89.2 Å². The first-order valence-electron chi connectivity index (χ1n) is 8.54. The minimum Gasteiger partial charge on any atom is -0.388 e. The number of carbonyl (C=O) groups excluding carboxylic acids is 1. The van der Waals surface area contributed by atoms with Crippen molar-refractivity contribution in [2.24, 2.45) is 14.1 Å². The van der Waals surface area contributed by atoms with Gasteiger partial charge in [0, 0.05) is 63.3 Å². The summed E-state index contributed by atoms with van der Waals surface area (Å²) in [5.74, 6) is -0.166. The van der Waals surface area contributed by atoms with Crippen molar-refractivity contribution in [2.45, 2.75) is 19.3 Å². The molecule has 1 atom stereocenters. The molecule has 26 heavy (non-hydrogen) atoms. The van der Waals surface area contributed by atoms with E-state index in [1.165, 1.54) is 24.7 Å². The van der Waals surface area contributed by atoms with E-state index in [4.69, 9.17) is 0 Å². The van der Waals surface area contributed by atoms with Crippen LogP contribution in [0, 0.1) is 6.92 Å². The first kappa shape index (κ1) is 17.9. The summed E-state index contributed by atoms with van der Waals surface area (Å²) in [6.07, 6.45) is 0.796. The predicted octanol–water partition coefficient (Wildman–Crippen LogP) is 0.459. The third-order valence-corrected chi connectivity index (χ3v) is 4.90. The van der Waals surface area contributed by atoms with Crippen molar-refractivity contribution in [1.82, 2.24) is 19.0 Å². The number of carbonyl (C=O) groups is 1. The Balaban J connectivity index is 1.86. The summed E-state index contributed by atoms with van der Waals surface area (Å²) in [6, 6.07) is 5.19. The van der Waals surface area contributed by atoms with E-state index >= 15 is 0 Å². The maximum absolute atomic E-state index is 12.8. The maximum Gasteiger partial charge on any atom is 0.331 e. The molecule has 1 amide bonds. The highest BCUT2D eigenvalue weighted by atomic mass is 16.2. The smallest absolute Gasteiger partial charge is 0.331 e. The minimum absolute atomic E-state index is 0.117. The molecule has 0 aromatic carbocycles. The molecule has 8 nitrogen and oxygen atoms in total. The van der Waals surface area contributed by atoms with Crippen molar-refractivity contribution >= 4 is 11.6 Å². The third-order valence-electron chi connectivity index (χ3n) is 4.90. The van der Waals surface area contributed by atoms with E-state index in [-0.39, 0.29) is 17.5 Å². The molecule has 2 aromatic rings. The minimum atomic E-state index is -0.504. The summed E-state index contributed by atoms with van der Waals surface area (Å²) >= 11 is 0. The van der Waals surface area contributed by atoms with E-state index in [0.29, 0.717) is 13.1 Å². The Morgan fingerprint density at radius 3 is 2.62 bits per heavy atom. The molecular weight excluding hydrogens is 334 g/mol. The molecule has 0 spiro atoms. The van der Waals surface area contributed by atoms with Gasteiger partial charge >= 0.3 is 5.69 Å². The highest BCUT2D eigenvalue weighted by molar-refractivity contribution is 5.92. The second kappa shape index (κ2) is 6.78. The van der Waals surface area contributed by atoms with E-state index in [1.54, 1.807) is 4.90 Å². The van der Waals surface area contributed by atoms with Gasteiger partial charge < -0.3 is 10.2 Å². The third kappa shape index (κ3) is 3.14. The van der Waals surface area contributed by atoms with Crippen LogP contribution in [0.25, 0.3) is 0 Å². The summed E-state index contributed by atoms with van der Waals surface area (Å²) in [5, 5.41) is 3.12. The second-order valence-electron chi connectivity index (χ2n) is 6.68. The van der Waals surface area contributed by atoms with Crippen LogP contribution in [0.5, 0.6) is 0 Å². The fraction of sp³-hybridized carbons (Fsp3) is 0.444. The molecule has 1 aliphatic rings. The van der Waals surface area contributed by atoms with E-state index in [1.807, 2.05) is 26.1 Å². The quantitative estimate of drug-likeness (QED) is 0.862. The molecule has 0 aliphatic carbocycles. The fourth-order valence-corrected chi connectivity index (χ4v) is 3.33. The molecule has 1 aliphatic heterocycles. The van der Waals surface area contributed by atoms with Gasteiger partial charge in [0.25, 0.3) is 11.5 Å². The van der Waals surface area contributed by atoms with Crippen molar-refractivity contribution in [2.75, 3.05) is 25.5 Å². The Morgan fingerprint density at radius 2 is 1.92 bits per heavy atom. The van der Waals surface area contributed by atoms with Crippen LogP contribution in [0.3, 0.4) is 0 Å².